The van der Waals surface area contributed by atoms with Gasteiger partial charge in [-0.1, -0.05) is 0 Å². The first-order valence-electron chi connectivity index (χ1n) is 6.85. The summed E-state index contributed by atoms with van der Waals surface area (Å²) >= 11 is 0. The fraction of sp³-hybridized carbons (Fsp3) is 0.846. The Balaban J connectivity index is 2.39. The van der Waals surface area contributed by atoms with E-state index in [2.05, 4.69) is 0 Å². The van der Waals surface area contributed by atoms with Crippen LogP contribution >= 0.6 is 0 Å². The molecule has 1 N–H and O–H groups in total. The van der Waals surface area contributed by atoms with Gasteiger partial charge in [-0.25, -0.2) is 4.79 Å². The number of carbonyl (C=O) groups excluding carboxylic acids is 1. The van der Waals surface area contributed by atoms with Crippen molar-refractivity contribution >= 4 is 12.0 Å². The predicted octanol–water partition coefficient (Wildman–Crippen LogP) is 0.639. The van der Waals surface area contributed by atoms with Gasteiger partial charge in [0.25, 0.3) is 0 Å². The van der Waals surface area contributed by atoms with Crippen LogP contribution in [-0.4, -0.2) is 79.0 Å². The predicted molar refractivity (Wildman–Crippen MR) is 72.7 cm³/mol. The number of carboxylic acid groups (broad SMARTS) is 1. The number of urea groups is 1. The summed E-state index contributed by atoms with van der Waals surface area (Å²) < 4.78 is 10.8. The summed E-state index contributed by atoms with van der Waals surface area (Å²) in [6, 6.07) is -0.115. The molecule has 0 aromatic heterocycles. The number of nitrogens with zero attached hydrogens (tertiary/aromatic N) is 2. The van der Waals surface area contributed by atoms with E-state index in [1.807, 2.05) is 13.8 Å². The van der Waals surface area contributed by atoms with Gasteiger partial charge >= 0.3 is 12.0 Å². The second kappa shape index (κ2) is 8.06. The highest BCUT2D eigenvalue weighted by Gasteiger charge is 2.27. The van der Waals surface area contributed by atoms with Crippen LogP contribution in [0.1, 0.15) is 20.3 Å². The normalized spacial score (nSPS) is 19.2. The number of carbonyl (C=O) groups is 2. The van der Waals surface area contributed by atoms with E-state index in [0.29, 0.717) is 32.8 Å². The summed E-state index contributed by atoms with van der Waals surface area (Å²) in [5, 5.41) is 8.76. The van der Waals surface area contributed by atoms with Crippen LogP contribution in [0.5, 0.6) is 0 Å². The van der Waals surface area contributed by atoms with Gasteiger partial charge in [-0.3, -0.25) is 4.79 Å². The van der Waals surface area contributed by atoms with Crippen LogP contribution in [0, 0.1) is 0 Å². The first kappa shape index (κ1) is 16.7. The second-order valence-electron chi connectivity index (χ2n) is 5.16. The monoisotopic (exact) mass is 288 g/mol. The number of amides is 2. The summed E-state index contributed by atoms with van der Waals surface area (Å²) in [7, 11) is 1.72. The first-order chi connectivity index (χ1) is 9.40. The van der Waals surface area contributed by atoms with Crippen LogP contribution in [0.25, 0.3) is 0 Å². The maximum atomic E-state index is 12.2. The van der Waals surface area contributed by atoms with Crippen LogP contribution in [0.4, 0.5) is 4.79 Å². The van der Waals surface area contributed by atoms with Gasteiger partial charge in [0.1, 0.15) is 0 Å². The molecular formula is C13H24N2O5. The van der Waals surface area contributed by atoms with Gasteiger partial charge in [-0.15, -0.1) is 0 Å². The van der Waals surface area contributed by atoms with Crippen molar-refractivity contribution in [2.45, 2.75) is 32.5 Å². The first-order valence-corrected chi connectivity index (χ1v) is 6.85. The molecule has 0 spiro atoms. The maximum absolute atomic E-state index is 12.2. The number of morpholine rings is 1. The fourth-order valence-corrected chi connectivity index (χ4v) is 1.97. The number of rotatable bonds is 6. The zero-order valence-corrected chi connectivity index (χ0v) is 12.4. The average Bonchev–Trinajstić information content (AvgIpc) is 2.36. The molecule has 116 valence electrons. The molecule has 1 saturated heterocycles. The van der Waals surface area contributed by atoms with Crippen molar-refractivity contribution in [2.24, 2.45) is 0 Å². The van der Waals surface area contributed by atoms with Crippen molar-refractivity contribution in [1.29, 1.82) is 0 Å². The lowest BCUT2D eigenvalue weighted by atomic mass is 10.2. The molecule has 2 amide bonds. The van der Waals surface area contributed by atoms with E-state index in [9.17, 15) is 9.59 Å². The molecule has 20 heavy (non-hydrogen) atoms. The molecule has 0 aromatic carbocycles. The molecule has 0 radical (unpaired) electrons. The third-order valence-corrected chi connectivity index (χ3v) is 3.02. The Morgan fingerprint density at radius 3 is 2.80 bits per heavy atom. The molecule has 1 heterocycles. The van der Waals surface area contributed by atoms with E-state index >= 15 is 0 Å². The summed E-state index contributed by atoms with van der Waals surface area (Å²) in [5.41, 5.74) is 0. The molecule has 7 heteroatoms. The van der Waals surface area contributed by atoms with Gasteiger partial charge in [0.2, 0.25) is 0 Å². The van der Waals surface area contributed by atoms with Crippen LogP contribution in [0.3, 0.4) is 0 Å². The van der Waals surface area contributed by atoms with E-state index < -0.39 is 12.1 Å². The third-order valence-electron chi connectivity index (χ3n) is 3.02. The average molecular weight is 288 g/mol. The van der Waals surface area contributed by atoms with Crippen LogP contribution in [0.15, 0.2) is 0 Å². The van der Waals surface area contributed by atoms with Crippen molar-refractivity contribution in [2.75, 3.05) is 39.9 Å². The SMILES string of the molecule is CC(C)OCCN(C)C(=O)N1CCOC(CC(=O)O)C1. The van der Waals surface area contributed by atoms with Gasteiger partial charge in [0, 0.05) is 26.7 Å². The van der Waals surface area contributed by atoms with E-state index in [-0.39, 0.29) is 18.6 Å². The highest BCUT2D eigenvalue weighted by molar-refractivity contribution is 5.74. The summed E-state index contributed by atoms with van der Waals surface area (Å²) in [6.45, 7) is 6.08. The van der Waals surface area contributed by atoms with Crippen molar-refractivity contribution in [3.63, 3.8) is 0 Å². The lowest BCUT2D eigenvalue weighted by Gasteiger charge is -2.34. The van der Waals surface area contributed by atoms with E-state index in [0.717, 1.165) is 0 Å². The summed E-state index contributed by atoms with van der Waals surface area (Å²) in [4.78, 5) is 26.1. The Bertz CT molecular complexity index is 335. The molecule has 1 atom stereocenters. The van der Waals surface area contributed by atoms with E-state index in [1.165, 1.54) is 0 Å². The van der Waals surface area contributed by atoms with Crippen LogP contribution in [-0.2, 0) is 14.3 Å². The smallest absolute Gasteiger partial charge is 0.319 e. The van der Waals surface area contributed by atoms with Crippen LogP contribution < -0.4 is 0 Å². The fourth-order valence-electron chi connectivity index (χ4n) is 1.97. The highest BCUT2D eigenvalue weighted by atomic mass is 16.5. The number of hydrogen-bond donors (Lipinski definition) is 1. The Morgan fingerprint density at radius 1 is 1.50 bits per heavy atom. The molecule has 0 saturated carbocycles. The van der Waals surface area contributed by atoms with Crippen molar-refractivity contribution < 1.29 is 24.2 Å². The van der Waals surface area contributed by atoms with Gasteiger partial charge < -0.3 is 24.4 Å². The van der Waals surface area contributed by atoms with Gasteiger partial charge in [-0.05, 0) is 13.8 Å². The summed E-state index contributed by atoms with van der Waals surface area (Å²) in [5.74, 6) is -0.914. The Hall–Kier alpha value is -1.34. The zero-order valence-electron chi connectivity index (χ0n) is 12.4. The number of likely N-dealkylation sites (N-methyl/N-ethyl adjacent to an activating group) is 1. The maximum Gasteiger partial charge on any atom is 0.319 e. The molecule has 1 aliphatic rings. The number of carboxylic acids is 1. The summed E-state index contributed by atoms with van der Waals surface area (Å²) in [6.07, 6.45) is -0.364. The second-order valence-corrected chi connectivity index (χ2v) is 5.16. The quantitative estimate of drug-likeness (QED) is 0.776. The molecule has 7 nitrogen and oxygen atoms in total. The minimum Gasteiger partial charge on any atom is -0.481 e. The molecule has 0 bridgehead atoms. The minimum absolute atomic E-state index is 0.0794. The molecule has 1 aliphatic heterocycles. The topological polar surface area (TPSA) is 79.3 Å². The Morgan fingerprint density at radius 2 is 2.20 bits per heavy atom. The third kappa shape index (κ3) is 5.75. The van der Waals surface area contributed by atoms with E-state index in [1.54, 1.807) is 16.8 Å². The van der Waals surface area contributed by atoms with E-state index in [4.69, 9.17) is 14.6 Å². The molecule has 1 fully saturated rings. The molecule has 1 rings (SSSR count). The van der Waals surface area contributed by atoms with Gasteiger partial charge in [-0.2, -0.15) is 0 Å². The van der Waals surface area contributed by atoms with Gasteiger partial charge in [0.15, 0.2) is 0 Å². The minimum atomic E-state index is -0.914. The lowest BCUT2D eigenvalue weighted by Crippen LogP contribution is -2.51. The van der Waals surface area contributed by atoms with Crippen LogP contribution in [0.2, 0.25) is 0 Å². The van der Waals surface area contributed by atoms with Gasteiger partial charge in [0.05, 0.1) is 31.8 Å². The largest absolute Gasteiger partial charge is 0.481 e. The standard InChI is InChI=1S/C13H24N2O5/c1-10(2)19-6-4-14(3)13(18)15-5-7-20-11(9-15)8-12(16)17/h10-11H,4-9H2,1-3H3,(H,16,17). The lowest BCUT2D eigenvalue weighted by molar-refractivity contribution is -0.141. The zero-order chi connectivity index (χ0) is 15.1. The number of ether oxygens (including phenoxy) is 2. The molecule has 0 aromatic rings. The Labute approximate surface area is 119 Å². The van der Waals surface area contributed by atoms with Crippen molar-refractivity contribution in [1.82, 2.24) is 9.80 Å². The highest BCUT2D eigenvalue weighted by Crippen LogP contribution is 2.10. The molecular weight excluding hydrogens is 264 g/mol. The Kier molecular flexibility index (Phi) is 6.74. The molecule has 0 aliphatic carbocycles. The molecule has 1 unspecified atom stereocenters. The number of hydrogen-bond acceptors (Lipinski definition) is 4. The number of aliphatic carboxylic acids is 1. The van der Waals surface area contributed by atoms with Crippen molar-refractivity contribution in [3.8, 4) is 0 Å². The van der Waals surface area contributed by atoms with Crippen molar-refractivity contribution in [3.05, 3.63) is 0 Å².